The van der Waals surface area contributed by atoms with Crippen LogP contribution in [-0.2, 0) is 21.1 Å². The second-order valence-electron chi connectivity index (χ2n) is 12.1. The van der Waals surface area contributed by atoms with E-state index in [2.05, 4.69) is 24.0 Å². The molecule has 4 rings (SSSR count). The number of amides is 1. The fourth-order valence-electron chi connectivity index (χ4n) is 6.46. The van der Waals surface area contributed by atoms with Crippen LogP contribution >= 0.6 is 0 Å². The summed E-state index contributed by atoms with van der Waals surface area (Å²) in [5, 5.41) is 0. The van der Waals surface area contributed by atoms with Gasteiger partial charge >= 0.3 is 12.1 Å². The lowest BCUT2D eigenvalue weighted by Crippen LogP contribution is -2.46. The van der Waals surface area contributed by atoms with Crippen molar-refractivity contribution in [2.45, 2.75) is 76.4 Å². The molecule has 8 heteroatoms. The van der Waals surface area contributed by atoms with Crippen molar-refractivity contribution in [1.82, 2.24) is 9.80 Å². The van der Waals surface area contributed by atoms with Gasteiger partial charge in [0.1, 0.15) is 0 Å². The molecule has 3 aromatic rings. The molecule has 0 aromatic heterocycles. The largest absolute Gasteiger partial charge is 0.466 e. The van der Waals surface area contributed by atoms with Crippen molar-refractivity contribution < 1.29 is 27.5 Å². The molecule has 1 heterocycles. The first-order valence-corrected chi connectivity index (χ1v) is 16.1. The second-order valence-corrected chi connectivity index (χ2v) is 12.1. The van der Waals surface area contributed by atoms with Gasteiger partial charge in [-0.1, -0.05) is 74.5 Å². The van der Waals surface area contributed by atoms with E-state index < -0.39 is 11.7 Å². The van der Waals surface area contributed by atoms with Crippen molar-refractivity contribution in [2.24, 2.45) is 0 Å². The summed E-state index contributed by atoms with van der Waals surface area (Å²) in [6.07, 6.45) is 1.12. The van der Waals surface area contributed by atoms with Crippen LogP contribution < -0.4 is 0 Å². The van der Waals surface area contributed by atoms with Crippen molar-refractivity contribution >= 4 is 11.9 Å². The Kier molecular flexibility index (Phi) is 11.8. The van der Waals surface area contributed by atoms with Crippen molar-refractivity contribution in [2.75, 3.05) is 33.3 Å². The molecule has 1 aliphatic rings. The molecule has 0 aliphatic carbocycles. The minimum Gasteiger partial charge on any atom is -0.466 e. The summed E-state index contributed by atoms with van der Waals surface area (Å²) < 4.78 is 44.7. The first kappa shape index (κ1) is 34.2. The maximum atomic E-state index is 13.6. The van der Waals surface area contributed by atoms with E-state index in [1.807, 2.05) is 32.2 Å². The summed E-state index contributed by atoms with van der Waals surface area (Å²) in [6.45, 7) is 7.24. The van der Waals surface area contributed by atoms with Gasteiger partial charge in [0.2, 0.25) is 0 Å². The Balaban J connectivity index is 1.35. The van der Waals surface area contributed by atoms with Gasteiger partial charge < -0.3 is 14.5 Å². The van der Waals surface area contributed by atoms with E-state index in [0.717, 1.165) is 70.3 Å². The number of carbonyl (C=O) groups is 2. The van der Waals surface area contributed by atoms with Crippen molar-refractivity contribution in [1.29, 1.82) is 0 Å². The lowest BCUT2D eigenvalue weighted by molar-refractivity contribution is -0.145. The van der Waals surface area contributed by atoms with Crippen LogP contribution in [0.5, 0.6) is 0 Å². The van der Waals surface area contributed by atoms with Crippen LogP contribution in [-0.4, -0.2) is 61.0 Å². The zero-order chi connectivity index (χ0) is 32.5. The van der Waals surface area contributed by atoms with E-state index in [-0.39, 0.29) is 23.3 Å². The summed E-state index contributed by atoms with van der Waals surface area (Å²) in [7, 11) is 1.82. The van der Waals surface area contributed by atoms with Gasteiger partial charge in [0.15, 0.2) is 0 Å². The number of rotatable bonds is 13. The Morgan fingerprint density at radius 2 is 1.53 bits per heavy atom. The van der Waals surface area contributed by atoms with Gasteiger partial charge in [0.05, 0.1) is 18.6 Å². The number of carbonyl (C=O) groups excluding carboxylic acids is 2. The average Bonchev–Trinajstić information content (AvgIpc) is 3.06. The van der Waals surface area contributed by atoms with Crippen LogP contribution in [0.15, 0.2) is 78.9 Å². The number of hydrogen-bond acceptors (Lipinski definition) is 4. The third-order valence-electron chi connectivity index (χ3n) is 9.25. The highest BCUT2D eigenvalue weighted by atomic mass is 19.4. The number of esters is 1. The van der Waals surface area contributed by atoms with Crippen LogP contribution in [0.25, 0.3) is 11.1 Å². The molecule has 0 N–H and O–H groups in total. The van der Waals surface area contributed by atoms with E-state index in [9.17, 15) is 22.8 Å². The minimum atomic E-state index is -4.41. The number of alkyl halides is 3. The Labute approximate surface area is 265 Å². The topological polar surface area (TPSA) is 49.9 Å². The van der Waals surface area contributed by atoms with Crippen molar-refractivity contribution in [3.63, 3.8) is 0 Å². The third kappa shape index (κ3) is 8.75. The van der Waals surface area contributed by atoms with Crippen LogP contribution in [0, 0.1) is 0 Å². The van der Waals surface area contributed by atoms with Gasteiger partial charge in [-0.3, -0.25) is 9.59 Å². The number of piperidine rings is 1. The summed E-state index contributed by atoms with van der Waals surface area (Å²) in [5.74, 6) is -0.273. The van der Waals surface area contributed by atoms with Gasteiger partial charge in [-0.25, -0.2) is 0 Å². The number of nitrogens with zero attached hydrogens (tertiary/aromatic N) is 2. The maximum absolute atomic E-state index is 13.6. The molecule has 1 amide bonds. The van der Waals surface area contributed by atoms with Crippen molar-refractivity contribution in [3.05, 3.63) is 95.6 Å². The van der Waals surface area contributed by atoms with Gasteiger partial charge in [-0.2, -0.15) is 13.2 Å². The van der Waals surface area contributed by atoms with Crippen molar-refractivity contribution in [3.8, 4) is 11.1 Å². The molecule has 0 saturated carbocycles. The molecule has 1 atom stereocenters. The average molecular weight is 623 g/mol. The predicted octanol–water partition coefficient (Wildman–Crippen LogP) is 8.38. The van der Waals surface area contributed by atoms with E-state index in [1.54, 1.807) is 29.2 Å². The van der Waals surface area contributed by atoms with Crippen LogP contribution in [0.1, 0.15) is 80.3 Å². The maximum Gasteiger partial charge on any atom is 0.416 e. The number of hydrogen-bond donors (Lipinski definition) is 0. The predicted molar refractivity (Wildman–Crippen MR) is 172 cm³/mol. The molecule has 5 nitrogen and oxygen atoms in total. The molecule has 0 bridgehead atoms. The highest BCUT2D eigenvalue weighted by molar-refractivity contribution is 6.01. The second kappa shape index (κ2) is 15.6. The van der Waals surface area contributed by atoms with E-state index >= 15 is 0 Å². The number of halogens is 3. The number of benzene rings is 3. The highest BCUT2D eigenvalue weighted by Crippen LogP contribution is 2.37. The van der Waals surface area contributed by atoms with Gasteiger partial charge in [-0.05, 0) is 80.0 Å². The van der Waals surface area contributed by atoms with Crippen LogP contribution in [0.3, 0.4) is 0 Å². The van der Waals surface area contributed by atoms with Gasteiger partial charge in [0, 0.05) is 37.2 Å². The Morgan fingerprint density at radius 1 is 0.889 bits per heavy atom. The van der Waals surface area contributed by atoms with Gasteiger partial charge in [-0.15, -0.1) is 0 Å². The normalized spacial score (nSPS) is 15.8. The summed E-state index contributed by atoms with van der Waals surface area (Å²) in [5.41, 5.74) is 1.88. The molecule has 0 radical (unpaired) electrons. The summed E-state index contributed by atoms with van der Waals surface area (Å²) >= 11 is 0. The quantitative estimate of drug-likeness (QED) is 0.180. The minimum absolute atomic E-state index is 0.0711. The molecular formula is C37H45F3N2O3. The molecule has 45 heavy (non-hydrogen) atoms. The molecular weight excluding hydrogens is 577 g/mol. The summed E-state index contributed by atoms with van der Waals surface area (Å²) in [4.78, 5) is 30.6. The zero-order valence-corrected chi connectivity index (χ0v) is 26.6. The fourth-order valence-corrected chi connectivity index (χ4v) is 6.46. The van der Waals surface area contributed by atoms with E-state index in [4.69, 9.17) is 4.74 Å². The molecule has 1 aliphatic heterocycles. The smallest absolute Gasteiger partial charge is 0.416 e. The lowest BCUT2D eigenvalue weighted by Gasteiger charge is -2.38. The number of likely N-dealkylation sites (tertiary alicyclic amines) is 1. The standard InChI is InChI=1S/C37H45F3N2O3/c1-4-26-45-34(43)27-36(5-2,29-12-7-6-8-13-29)22-11-23-42-24-20-31(21-25-42)41(3)35(44)33-15-10-9-14-32(33)28-16-18-30(19-17-28)37(38,39)40/h6-10,12-19,31H,4-5,11,20-27H2,1-3H3. The van der Waals surface area contributed by atoms with E-state index in [1.165, 1.54) is 17.7 Å². The molecule has 1 fully saturated rings. The molecule has 242 valence electrons. The molecule has 3 aromatic carbocycles. The third-order valence-corrected chi connectivity index (χ3v) is 9.25. The monoisotopic (exact) mass is 622 g/mol. The molecule has 1 saturated heterocycles. The fraction of sp³-hybridized carbons (Fsp3) is 0.459. The highest BCUT2D eigenvalue weighted by Gasteiger charge is 2.34. The Bertz CT molecular complexity index is 1390. The number of ether oxygens (including phenoxy) is 1. The SMILES string of the molecule is CCCOC(=O)CC(CC)(CCCN1CCC(N(C)C(=O)c2ccccc2-c2ccc(C(F)(F)F)cc2)CC1)c1ccccc1. The lowest BCUT2D eigenvalue weighted by atomic mass is 9.72. The Hall–Kier alpha value is -3.65. The summed E-state index contributed by atoms with van der Waals surface area (Å²) in [6, 6.07) is 22.4. The zero-order valence-electron chi connectivity index (χ0n) is 26.6. The molecule has 1 unspecified atom stereocenters. The van der Waals surface area contributed by atoms with Crippen LogP contribution in [0.2, 0.25) is 0 Å². The van der Waals surface area contributed by atoms with Gasteiger partial charge in [0.25, 0.3) is 5.91 Å². The van der Waals surface area contributed by atoms with Crippen LogP contribution in [0.4, 0.5) is 13.2 Å². The first-order chi connectivity index (χ1) is 21.6. The Morgan fingerprint density at radius 3 is 2.16 bits per heavy atom. The molecule has 0 spiro atoms. The van der Waals surface area contributed by atoms with E-state index in [0.29, 0.717) is 29.7 Å². The first-order valence-electron chi connectivity index (χ1n) is 16.1.